The molecule has 4 heteroatoms. The topological polar surface area (TPSA) is 37.8 Å². The number of hydrogen-bond acceptors (Lipinski definition) is 3. The fraction of sp³-hybridized carbons (Fsp3) is 0.600. The minimum atomic E-state index is 0.371. The van der Waals surface area contributed by atoms with Gasteiger partial charge in [0.15, 0.2) is 0 Å². The van der Waals surface area contributed by atoms with E-state index in [1.165, 1.54) is 0 Å². The van der Waals surface area contributed by atoms with E-state index in [9.17, 15) is 0 Å². The number of alkyl halides is 1. The molecule has 0 aliphatic heterocycles. The Labute approximate surface area is 89.9 Å². The van der Waals surface area contributed by atoms with E-state index in [1.54, 1.807) is 6.20 Å². The standard InChI is InChI=1S/C10H16ClN3/c1-8(4-3-6-11)13-10-12-7-5-9(2)14-10/h5,7-8H,3-4,6H2,1-2H3,(H,12,13,14). The third-order valence-electron chi connectivity index (χ3n) is 1.94. The molecule has 1 unspecified atom stereocenters. The maximum Gasteiger partial charge on any atom is 0.223 e. The molecule has 1 heterocycles. The van der Waals surface area contributed by atoms with Gasteiger partial charge in [-0.15, -0.1) is 11.6 Å². The Kier molecular flexibility index (Phi) is 4.66. The Morgan fingerprint density at radius 2 is 2.36 bits per heavy atom. The zero-order chi connectivity index (χ0) is 10.4. The second-order valence-corrected chi connectivity index (χ2v) is 3.78. The number of aromatic nitrogens is 2. The van der Waals surface area contributed by atoms with Crippen molar-refractivity contribution < 1.29 is 0 Å². The van der Waals surface area contributed by atoms with Gasteiger partial charge >= 0.3 is 0 Å². The Morgan fingerprint density at radius 1 is 1.57 bits per heavy atom. The molecule has 3 nitrogen and oxygen atoms in total. The molecule has 1 atom stereocenters. The van der Waals surface area contributed by atoms with E-state index in [0.29, 0.717) is 17.9 Å². The molecule has 1 rings (SSSR count). The monoisotopic (exact) mass is 213 g/mol. The van der Waals surface area contributed by atoms with Crippen molar-refractivity contribution in [1.29, 1.82) is 0 Å². The Morgan fingerprint density at radius 3 is 3.00 bits per heavy atom. The third kappa shape index (κ3) is 3.92. The van der Waals surface area contributed by atoms with E-state index < -0.39 is 0 Å². The fourth-order valence-electron chi connectivity index (χ4n) is 1.19. The molecule has 0 amide bonds. The summed E-state index contributed by atoms with van der Waals surface area (Å²) >= 11 is 5.61. The lowest BCUT2D eigenvalue weighted by atomic mass is 10.2. The molecule has 0 fully saturated rings. The molecule has 1 aromatic rings. The molecule has 14 heavy (non-hydrogen) atoms. The maximum absolute atomic E-state index is 5.61. The van der Waals surface area contributed by atoms with E-state index in [4.69, 9.17) is 11.6 Å². The van der Waals surface area contributed by atoms with Crippen molar-refractivity contribution in [2.24, 2.45) is 0 Å². The molecule has 0 saturated heterocycles. The third-order valence-corrected chi connectivity index (χ3v) is 2.21. The SMILES string of the molecule is Cc1ccnc(NC(C)CCCCl)n1. The molecule has 78 valence electrons. The van der Waals surface area contributed by atoms with Gasteiger partial charge < -0.3 is 5.32 Å². The Bertz CT molecular complexity index is 278. The van der Waals surface area contributed by atoms with Crippen molar-refractivity contribution in [1.82, 2.24) is 9.97 Å². The van der Waals surface area contributed by atoms with E-state index in [2.05, 4.69) is 22.2 Å². The molecular formula is C10H16ClN3. The van der Waals surface area contributed by atoms with Gasteiger partial charge in [0.1, 0.15) is 0 Å². The second kappa shape index (κ2) is 5.81. The molecule has 0 aliphatic carbocycles. The highest BCUT2D eigenvalue weighted by Gasteiger charge is 2.02. The van der Waals surface area contributed by atoms with Crippen LogP contribution in [0.4, 0.5) is 5.95 Å². The second-order valence-electron chi connectivity index (χ2n) is 3.40. The number of rotatable bonds is 5. The van der Waals surface area contributed by atoms with Crippen LogP contribution in [-0.4, -0.2) is 21.9 Å². The van der Waals surface area contributed by atoms with Crippen molar-refractivity contribution in [2.45, 2.75) is 32.7 Å². The van der Waals surface area contributed by atoms with Gasteiger partial charge in [0.05, 0.1) is 0 Å². The molecule has 0 aliphatic rings. The van der Waals surface area contributed by atoms with Crippen molar-refractivity contribution in [3.63, 3.8) is 0 Å². The highest BCUT2D eigenvalue weighted by atomic mass is 35.5. The number of hydrogen-bond donors (Lipinski definition) is 1. The Hall–Kier alpha value is -0.830. The van der Waals surface area contributed by atoms with Gasteiger partial charge in [0, 0.05) is 23.8 Å². The largest absolute Gasteiger partial charge is 0.352 e. The number of halogens is 1. The lowest BCUT2D eigenvalue weighted by Crippen LogP contribution is -2.17. The van der Waals surface area contributed by atoms with Gasteiger partial charge in [-0.2, -0.15) is 0 Å². The minimum absolute atomic E-state index is 0.371. The summed E-state index contributed by atoms with van der Waals surface area (Å²) in [4.78, 5) is 8.40. The first-order chi connectivity index (χ1) is 6.72. The molecule has 0 spiro atoms. The summed E-state index contributed by atoms with van der Waals surface area (Å²) in [5, 5.41) is 3.24. The van der Waals surface area contributed by atoms with Gasteiger partial charge in [-0.25, -0.2) is 9.97 Å². The normalized spacial score (nSPS) is 12.5. The lowest BCUT2D eigenvalue weighted by Gasteiger charge is -2.12. The van der Waals surface area contributed by atoms with Crippen molar-refractivity contribution in [2.75, 3.05) is 11.2 Å². The smallest absolute Gasteiger partial charge is 0.223 e. The highest BCUT2D eigenvalue weighted by Crippen LogP contribution is 2.05. The number of nitrogens with one attached hydrogen (secondary N) is 1. The minimum Gasteiger partial charge on any atom is -0.352 e. The van der Waals surface area contributed by atoms with Crippen LogP contribution in [0.25, 0.3) is 0 Å². The van der Waals surface area contributed by atoms with Crippen LogP contribution < -0.4 is 5.32 Å². The average molecular weight is 214 g/mol. The predicted octanol–water partition coefficient (Wildman–Crippen LogP) is 2.60. The fourth-order valence-corrected chi connectivity index (χ4v) is 1.35. The number of nitrogens with zero attached hydrogens (tertiary/aromatic N) is 2. The van der Waals surface area contributed by atoms with Crippen molar-refractivity contribution in [3.8, 4) is 0 Å². The molecule has 0 bridgehead atoms. The molecule has 0 radical (unpaired) electrons. The maximum atomic E-state index is 5.61. The molecule has 1 aromatic heterocycles. The molecule has 0 saturated carbocycles. The first kappa shape index (κ1) is 11.2. The van der Waals surface area contributed by atoms with Crippen LogP contribution in [0.15, 0.2) is 12.3 Å². The Balaban J connectivity index is 2.43. The quantitative estimate of drug-likeness (QED) is 0.765. The van der Waals surface area contributed by atoms with E-state index in [0.717, 1.165) is 18.5 Å². The van der Waals surface area contributed by atoms with E-state index >= 15 is 0 Å². The summed E-state index contributed by atoms with van der Waals surface area (Å²) < 4.78 is 0. The van der Waals surface area contributed by atoms with Crippen LogP contribution in [0.5, 0.6) is 0 Å². The number of aryl methyl sites for hydroxylation is 1. The van der Waals surface area contributed by atoms with Crippen molar-refractivity contribution >= 4 is 17.5 Å². The summed E-state index contributed by atoms with van der Waals surface area (Å²) in [6, 6.07) is 2.25. The summed E-state index contributed by atoms with van der Waals surface area (Å²) in [7, 11) is 0. The van der Waals surface area contributed by atoms with Gasteiger partial charge in [0.2, 0.25) is 5.95 Å². The van der Waals surface area contributed by atoms with Gasteiger partial charge in [0.25, 0.3) is 0 Å². The van der Waals surface area contributed by atoms with Crippen LogP contribution >= 0.6 is 11.6 Å². The average Bonchev–Trinajstić information content (AvgIpc) is 2.15. The first-order valence-corrected chi connectivity index (χ1v) is 5.38. The summed E-state index contributed by atoms with van der Waals surface area (Å²) in [6.45, 7) is 4.06. The predicted molar refractivity (Wildman–Crippen MR) is 59.8 cm³/mol. The van der Waals surface area contributed by atoms with Gasteiger partial charge in [-0.05, 0) is 32.8 Å². The summed E-state index contributed by atoms with van der Waals surface area (Å²) in [5.41, 5.74) is 0.979. The van der Waals surface area contributed by atoms with Crippen LogP contribution in [0.1, 0.15) is 25.5 Å². The van der Waals surface area contributed by atoms with Crippen LogP contribution in [0, 0.1) is 6.92 Å². The van der Waals surface area contributed by atoms with Crippen LogP contribution in [0.3, 0.4) is 0 Å². The molecule has 1 N–H and O–H groups in total. The summed E-state index contributed by atoms with van der Waals surface area (Å²) in [5.74, 6) is 1.41. The zero-order valence-electron chi connectivity index (χ0n) is 8.63. The first-order valence-electron chi connectivity index (χ1n) is 4.84. The van der Waals surface area contributed by atoms with E-state index in [-0.39, 0.29) is 0 Å². The molecular weight excluding hydrogens is 198 g/mol. The van der Waals surface area contributed by atoms with Crippen LogP contribution in [0.2, 0.25) is 0 Å². The van der Waals surface area contributed by atoms with Gasteiger partial charge in [-0.1, -0.05) is 0 Å². The molecule has 0 aromatic carbocycles. The zero-order valence-corrected chi connectivity index (χ0v) is 9.38. The lowest BCUT2D eigenvalue weighted by molar-refractivity contribution is 0.686. The van der Waals surface area contributed by atoms with Crippen molar-refractivity contribution in [3.05, 3.63) is 18.0 Å². The van der Waals surface area contributed by atoms with Crippen LogP contribution in [-0.2, 0) is 0 Å². The number of anilines is 1. The summed E-state index contributed by atoms with van der Waals surface area (Å²) in [6.07, 6.45) is 3.82. The highest BCUT2D eigenvalue weighted by molar-refractivity contribution is 6.17. The van der Waals surface area contributed by atoms with Gasteiger partial charge in [-0.3, -0.25) is 0 Å². The van der Waals surface area contributed by atoms with E-state index in [1.807, 2.05) is 13.0 Å².